The monoisotopic (exact) mass is 394 g/mol. The van der Waals surface area contributed by atoms with Crippen LogP contribution >= 0.6 is 11.6 Å². The van der Waals surface area contributed by atoms with Crippen molar-refractivity contribution in [3.63, 3.8) is 0 Å². The lowest BCUT2D eigenvalue weighted by Crippen LogP contribution is -2.29. The van der Waals surface area contributed by atoms with Gasteiger partial charge >= 0.3 is 5.69 Å². The molecule has 0 aromatic heterocycles. The maximum Gasteiger partial charge on any atom is 0.349 e. The summed E-state index contributed by atoms with van der Waals surface area (Å²) in [7, 11) is 0. The molecule has 0 bridgehead atoms. The number of halogens is 1. The van der Waals surface area contributed by atoms with Crippen LogP contribution in [-0.2, 0) is 19.4 Å². The van der Waals surface area contributed by atoms with Gasteiger partial charge in [-0.15, -0.1) is 0 Å². The Morgan fingerprint density at radius 3 is 2.71 bits per heavy atom. The molecule has 0 fully saturated rings. The largest absolute Gasteiger partial charge is 0.349 e. The minimum atomic E-state index is -0.660. The second-order valence-corrected chi connectivity index (χ2v) is 7.15. The van der Waals surface area contributed by atoms with Gasteiger partial charge in [0.15, 0.2) is 11.5 Å². The molecule has 0 atom stereocenters. The van der Waals surface area contributed by atoms with Crippen LogP contribution < -0.4 is 11.2 Å². The number of aromatic nitrogens is 4. The van der Waals surface area contributed by atoms with Gasteiger partial charge in [-0.2, -0.15) is 4.98 Å². The molecule has 0 unspecified atom stereocenters. The van der Waals surface area contributed by atoms with Crippen molar-refractivity contribution in [2.24, 2.45) is 0 Å². The maximum atomic E-state index is 12.3. The molecular formula is C21H19ClN4O2. The lowest BCUT2D eigenvalue weighted by molar-refractivity contribution is 0.649. The Balaban J connectivity index is 1.79. The summed E-state index contributed by atoms with van der Waals surface area (Å²) in [6.45, 7) is 2.67. The lowest BCUT2D eigenvalue weighted by atomic mass is 10.1. The van der Waals surface area contributed by atoms with Crippen LogP contribution in [-0.4, -0.2) is 19.5 Å². The third-order valence-corrected chi connectivity index (χ3v) is 5.05. The van der Waals surface area contributed by atoms with Gasteiger partial charge in [0.1, 0.15) is 0 Å². The molecule has 0 spiro atoms. The molecule has 7 heteroatoms. The molecule has 2 aliphatic heterocycles. The molecule has 28 heavy (non-hydrogen) atoms. The highest BCUT2D eigenvalue weighted by Gasteiger charge is 2.18. The first-order chi connectivity index (χ1) is 13.5. The van der Waals surface area contributed by atoms with Crippen LogP contribution in [0, 0.1) is 0 Å². The molecule has 2 aromatic carbocycles. The Labute approximate surface area is 166 Å². The van der Waals surface area contributed by atoms with E-state index >= 15 is 0 Å². The molecule has 142 valence electrons. The van der Waals surface area contributed by atoms with E-state index in [9.17, 15) is 9.59 Å². The van der Waals surface area contributed by atoms with E-state index in [0.717, 1.165) is 41.4 Å². The molecule has 0 radical (unpaired) electrons. The van der Waals surface area contributed by atoms with Crippen molar-refractivity contribution in [2.45, 2.75) is 32.7 Å². The summed E-state index contributed by atoms with van der Waals surface area (Å²) in [4.78, 5) is 34.8. The minimum Gasteiger partial charge on any atom is -0.322 e. The van der Waals surface area contributed by atoms with E-state index in [1.807, 2.05) is 47.0 Å². The van der Waals surface area contributed by atoms with Gasteiger partial charge in [0.05, 0.1) is 11.0 Å². The zero-order valence-corrected chi connectivity index (χ0v) is 16.2. The summed E-state index contributed by atoms with van der Waals surface area (Å²) in [5.74, 6) is 0.316. The number of hydrogen-bond donors (Lipinski definition) is 1. The van der Waals surface area contributed by atoms with E-state index in [1.54, 1.807) is 0 Å². The van der Waals surface area contributed by atoms with Gasteiger partial charge in [-0.3, -0.25) is 9.78 Å². The van der Waals surface area contributed by atoms with Crippen LogP contribution in [0.5, 0.6) is 0 Å². The van der Waals surface area contributed by atoms with Crippen LogP contribution in [0.1, 0.15) is 24.5 Å². The van der Waals surface area contributed by atoms with Crippen LogP contribution in [0.25, 0.3) is 22.6 Å². The van der Waals surface area contributed by atoms with Crippen molar-refractivity contribution in [3.8, 4) is 11.5 Å². The molecular weight excluding hydrogens is 376 g/mol. The van der Waals surface area contributed by atoms with Crippen molar-refractivity contribution in [3.05, 3.63) is 79.5 Å². The fraction of sp³-hybridized carbons (Fsp3) is 0.238. The highest BCUT2D eigenvalue weighted by atomic mass is 35.5. The molecule has 2 aliphatic rings. The predicted octanol–water partition coefficient (Wildman–Crippen LogP) is 3.43. The topological polar surface area (TPSA) is 80.6 Å². The number of hydrogen-bond acceptors (Lipinski definition) is 4. The van der Waals surface area contributed by atoms with E-state index in [2.05, 4.69) is 21.9 Å². The first-order valence-corrected chi connectivity index (χ1v) is 9.61. The van der Waals surface area contributed by atoms with Crippen LogP contribution in [0.2, 0.25) is 5.02 Å². The highest BCUT2D eigenvalue weighted by molar-refractivity contribution is 6.30. The second-order valence-electron chi connectivity index (χ2n) is 6.72. The molecule has 0 saturated carbocycles. The summed E-state index contributed by atoms with van der Waals surface area (Å²) in [6, 6.07) is 13.8. The average Bonchev–Trinajstić information content (AvgIpc) is 2.67. The molecule has 6 nitrogen and oxygen atoms in total. The van der Waals surface area contributed by atoms with Crippen molar-refractivity contribution in [1.82, 2.24) is 19.5 Å². The summed E-state index contributed by atoms with van der Waals surface area (Å²) in [5, 5.41) is 0.709. The Morgan fingerprint density at radius 2 is 1.93 bits per heavy atom. The zero-order chi connectivity index (χ0) is 19.7. The number of benzene rings is 2. The lowest BCUT2D eigenvalue weighted by Gasteiger charge is -2.17. The second kappa shape index (κ2) is 7.56. The van der Waals surface area contributed by atoms with Gasteiger partial charge in [-0.1, -0.05) is 36.7 Å². The van der Waals surface area contributed by atoms with Crippen molar-refractivity contribution >= 4 is 22.6 Å². The summed E-state index contributed by atoms with van der Waals surface area (Å²) >= 11 is 6.06. The molecule has 1 N–H and O–H groups in total. The van der Waals surface area contributed by atoms with E-state index < -0.39 is 11.2 Å². The van der Waals surface area contributed by atoms with Crippen molar-refractivity contribution < 1.29 is 0 Å². The number of rotatable bonds is 5. The Bertz CT molecular complexity index is 1250. The maximum absolute atomic E-state index is 12.3. The number of aromatic amines is 1. The fourth-order valence-corrected chi connectivity index (χ4v) is 3.64. The molecule has 0 saturated heterocycles. The van der Waals surface area contributed by atoms with Crippen molar-refractivity contribution in [2.75, 3.05) is 0 Å². The first-order valence-electron chi connectivity index (χ1n) is 9.23. The van der Waals surface area contributed by atoms with E-state index in [-0.39, 0.29) is 5.69 Å². The van der Waals surface area contributed by atoms with Crippen LogP contribution in [0.3, 0.4) is 0 Å². The third kappa shape index (κ3) is 3.55. The summed E-state index contributed by atoms with van der Waals surface area (Å²) < 4.78 is 1.91. The smallest absolute Gasteiger partial charge is 0.322 e. The SMILES string of the molecule is CCc1ccc2c(c1)nc1c(=O)[nH]c(=O)nc-1n2CCCc1cccc(Cl)c1. The number of fused-ring (bicyclic) bond motifs is 2. The quantitative estimate of drug-likeness (QED) is 0.526. The predicted molar refractivity (Wildman–Crippen MR) is 110 cm³/mol. The number of aryl methyl sites for hydroxylation is 3. The third-order valence-electron chi connectivity index (χ3n) is 4.82. The van der Waals surface area contributed by atoms with E-state index in [0.29, 0.717) is 17.4 Å². The van der Waals surface area contributed by atoms with Gasteiger partial charge in [0.2, 0.25) is 0 Å². The minimum absolute atomic E-state index is 0.183. The first kappa shape index (κ1) is 18.4. The fourth-order valence-electron chi connectivity index (χ4n) is 3.43. The van der Waals surface area contributed by atoms with Crippen LogP contribution in [0.15, 0.2) is 52.1 Å². The molecule has 2 heterocycles. The highest BCUT2D eigenvalue weighted by Crippen LogP contribution is 2.23. The van der Waals surface area contributed by atoms with Gasteiger partial charge in [0.25, 0.3) is 5.56 Å². The normalized spacial score (nSPS) is 11.4. The Kier molecular flexibility index (Phi) is 4.96. The van der Waals surface area contributed by atoms with E-state index in [4.69, 9.17) is 11.6 Å². The van der Waals surface area contributed by atoms with E-state index in [1.165, 1.54) is 0 Å². The van der Waals surface area contributed by atoms with Crippen LogP contribution in [0.4, 0.5) is 0 Å². The van der Waals surface area contributed by atoms with Gasteiger partial charge < -0.3 is 4.57 Å². The Morgan fingerprint density at radius 1 is 1.07 bits per heavy atom. The standard InChI is InChI=1S/C21H19ClN4O2/c1-2-13-8-9-17-16(12-13)23-18-19(24-21(28)25-20(18)27)26(17)10-4-6-14-5-3-7-15(22)11-14/h3,5,7-9,11-12H,2,4,6,10H2,1H3,(H,25,27,28). The summed E-state index contributed by atoms with van der Waals surface area (Å²) in [5.41, 5.74) is 2.86. The van der Waals surface area contributed by atoms with Gasteiger partial charge in [-0.05, 0) is 54.7 Å². The van der Waals surface area contributed by atoms with Gasteiger partial charge in [-0.25, -0.2) is 9.78 Å². The van der Waals surface area contributed by atoms with Gasteiger partial charge in [0, 0.05) is 11.6 Å². The molecule has 0 aliphatic carbocycles. The number of H-pyrrole nitrogens is 1. The van der Waals surface area contributed by atoms with Crippen molar-refractivity contribution in [1.29, 1.82) is 0 Å². The number of nitrogens with zero attached hydrogens (tertiary/aromatic N) is 3. The molecule has 0 amide bonds. The summed E-state index contributed by atoms with van der Waals surface area (Å²) in [6.07, 6.45) is 2.50. The average molecular weight is 395 g/mol. The Hall–Kier alpha value is -2.99. The molecule has 4 rings (SSSR count). The molecule has 2 aromatic rings. The number of nitrogens with one attached hydrogen (secondary N) is 1. The zero-order valence-electron chi connectivity index (χ0n) is 15.4.